The Hall–Kier alpha value is -1.49. The predicted octanol–water partition coefficient (Wildman–Crippen LogP) is 2.51. The lowest BCUT2D eigenvalue weighted by molar-refractivity contribution is -0.131. The molecule has 0 amide bonds. The zero-order chi connectivity index (χ0) is 13.9. The molecule has 0 bridgehead atoms. The van der Waals surface area contributed by atoms with Crippen molar-refractivity contribution in [1.82, 2.24) is 4.98 Å². The molecule has 0 radical (unpaired) electrons. The van der Waals surface area contributed by atoms with Gasteiger partial charge in [0.15, 0.2) is 0 Å². The number of anilines is 1. The first-order valence-corrected chi connectivity index (χ1v) is 7.21. The summed E-state index contributed by atoms with van der Waals surface area (Å²) in [7, 11) is 0. The Kier molecular flexibility index (Phi) is 4.14. The molecule has 102 valence electrons. The van der Waals surface area contributed by atoms with Crippen molar-refractivity contribution in [3.63, 3.8) is 0 Å². The van der Waals surface area contributed by atoms with E-state index in [1.807, 2.05) is 23.9 Å². The minimum Gasteiger partial charge on any atom is -0.478 e. The predicted molar refractivity (Wildman–Crippen MR) is 79.7 cm³/mol. The average Bonchev–Trinajstić information content (AvgIpc) is 2.35. The number of aromatic nitrogens is 1. The standard InChI is InChI=1S/C14H18N2O2S/c1-14(2)10-16(8-9-19-14)13-11(4-3-7-15-13)5-6-12(17)18/h3-7H,8-10H2,1-2H3,(H,17,18)/b6-5+. The van der Waals surface area contributed by atoms with Gasteiger partial charge in [-0.3, -0.25) is 0 Å². The van der Waals surface area contributed by atoms with E-state index in [0.717, 1.165) is 36.3 Å². The molecular formula is C14H18N2O2S. The van der Waals surface area contributed by atoms with Gasteiger partial charge in [0.2, 0.25) is 0 Å². The lowest BCUT2D eigenvalue weighted by Crippen LogP contribution is -2.43. The quantitative estimate of drug-likeness (QED) is 0.861. The second kappa shape index (κ2) is 5.65. The van der Waals surface area contributed by atoms with E-state index in [-0.39, 0.29) is 4.75 Å². The van der Waals surface area contributed by atoms with Gasteiger partial charge >= 0.3 is 5.97 Å². The Morgan fingerprint density at radius 3 is 3.05 bits per heavy atom. The van der Waals surface area contributed by atoms with Crippen molar-refractivity contribution in [3.8, 4) is 0 Å². The first-order valence-electron chi connectivity index (χ1n) is 6.23. The average molecular weight is 278 g/mol. The summed E-state index contributed by atoms with van der Waals surface area (Å²) in [6, 6.07) is 3.73. The summed E-state index contributed by atoms with van der Waals surface area (Å²) in [6.45, 7) is 6.31. The number of hydrogen-bond acceptors (Lipinski definition) is 4. The molecule has 4 nitrogen and oxygen atoms in total. The van der Waals surface area contributed by atoms with Gasteiger partial charge in [-0.1, -0.05) is 0 Å². The number of nitrogens with zero attached hydrogens (tertiary/aromatic N) is 2. The number of pyridine rings is 1. The van der Waals surface area contributed by atoms with Gasteiger partial charge in [0.1, 0.15) is 5.82 Å². The summed E-state index contributed by atoms with van der Waals surface area (Å²) in [5, 5.41) is 8.73. The number of rotatable bonds is 3. The van der Waals surface area contributed by atoms with Gasteiger partial charge in [0.25, 0.3) is 0 Å². The maximum absolute atomic E-state index is 10.6. The van der Waals surface area contributed by atoms with Crippen molar-refractivity contribution in [2.24, 2.45) is 0 Å². The molecule has 0 unspecified atom stereocenters. The normalized spacial score (nSPS) is 18.7. The van der Waals surface area contributed by atoms with E-state index in [2.05, 4.69) is 23.7 Å². The number of hydrogen-bond donors (Lipinski definition) is 1. The molecule has 0 saturated carbocycles. The molecule has 1 aromatic heterocycles. The van der Waals surface area contributed by atoms with E-state index in [4.69, 9.17) is 5.11 Å². The van der Waals surface area contributed by atoms with Crippen LogP contribution >= 0.6 is 11.8 Å². The fourth-order valence-electron chi connectivity index (χ4n) is 2.16. The van der Waals surface area contributed by atoms with Crippen LogP contribution in [-0.4, -0.2) is 39.6 Å². The monoisotopic (exact) mass is 278 g/mol. The number of thioether (sulfide) groups is 1. The first kappa shape index (κ1) is 13.9. The van der Waals surface area contributed by atoms with Crippen LogP contribution < -0.4 is 4.90 Å². The molecule has 5 heteroatoms. The molecule has 0 spiro atoms. The Balaban J connectivity index is 2.26. The van der Waals surface area contributed by atoms with E-state index in [1.54, 1.807) is 12.3 Å². The third kappa shape index (κ3) is 3.73. The summed E-state index contributed by atoms with van der Waals surface area (Å²) in [5.41, 5.74) is 0.854. The zero-order valence-corrected chi connectivity index (χ0v) is 12.0. The van der Waals surface area contributed by atoms with Crippen molar-refractivity contribution in [2.45, 2.75) is 18.6 Å². The second-order valence-electron chi connectivity index (χ2n) is 5.12. The number of carboxylic acids is 1. The molecule has 1 N–H and O–H groups in total. The lowest BCUT2D eigenvalue weighted by atomic mass is 10.1. The third-order valence-corrected chi connectivity index (χ3v) is 4.24. The molecule has 0 aromatic carbocycles. The van der Waals surface area contributed by atoms with E-state index in [9.17, 15) is 4.79 Å². The van der Waals surface area contributed by atoms with E-state index in [1.165, 1.54) is 0 Å². The van der Waals surface area contributed by atoms with Crippen LogP contribution in [0.15, 0.2) is 24.4 Å². The fourth-order valence-corrected chi connectivity index (χ4v) is 3.27. The molecule has 1 aliphatic heterocycles. The molecule has 0 atom stereocenters. The highest BCUT2D eigenvalue weighted by atomic mass is 32.2. The molecule has 1 aromatic rings. The maximum Gasteiger partial charge on any atom is 0.328 e. The topological polar surface area (TPSA) is 53.4 Å². The van der Waals surface area contributed by atoms with Crippen LogP contribution in [0, 0.1) is 0 Å². The zero-order valence-electron chi connectivity index (χ0n) is 11.2. The molecular weight excluding hydrogens is 260 g/mol. The van der Waals surface area contributed by atoms with Crippen LogP contribution in [0.4, 0.5) is 5.82 Å². The van der Waals surface area contributed by atoms with Crippen molar-refractivity contribution < 1.29 is 9.90 Å². The molecule has 2 heterocycles. The Morgan fingerprint density at radius 1 is 1.58 bits per heavy atom. The van der Waals surface area contributed by atoms with Gasteiger partial charge in [0, 0.05) is 41.4 Å². The van der Waals surface area contributed by atoms with Gasteiger partial charge < -0.3 is 10.0 Å². The molecule has 1 aliphatic rings. The minimum absolute atomic E-state index is 0.198. The molecule has 1 fully saturated rings. The third-order valence-electron chi connectivity index (χ3n) is 2.95. The van der Waals surface area contributed by atoms with E-state index >= 15 is 0 Å². The van der Waals surface area contributed by atoms with Crippen molar-refractivity contribution in [3.05, 3.63) is 30.0 Å². The van der Waals surface area contributed by atoms with Crippen LogP contribution in [0.2, 0.25) is 0 Å². The highest BCUT2D eigenvalue weighted by Crippen LogP contribution is 2.32. The largest absolute Gasteiger partial charge is 0.478 e. The highest BCUT2D eigenvalue weighted by Gasteiger charge is 2.28. The number of carbonyl (C=O) groups is 1. The van der Waals surface area contributed by atoms with E-state index in [0.29, 0.717) is 0 Å². The lowest BCUT2D eigenvalue weighted by Gasteiger charge is -2.38. The smallest absolute Gasteiger partial charge is 0.328 e. The first-order chi connectivity index (χ1) is 8.98. The Labute approximate surface area is 117 Å². The Bertz CT molecular complexity index is 500. The summed E-state index contributed by atoms with van der Waals surface area (Å²) in [4.78, 5) is 17.3. The van der Waals surface area contributed by atoms with Crippen molar-refractivity contribution >= 4 is 29.6 Å². The fraction of sp³-hybridized carbons (Fsp3) is 0.429. The van der Waals surface area contributed by atoms with Crippen LogP contribution in [0.25, 0.3) is 6.08 Å². The maximum atomic E-state index is 10.6. The van der Waals surface area contributed by atoms with Crippen molar-refractivity contribution in [1.29, 1.82) is 0 Å². The second-order valence-corrected chi connectivity index (χ2v) is 6.92. The van der Waals surface area contributed by atoms with Gasteiger partial charge in [-0.15, -0.1) is 0 Å². The summed E-state index contributed by atoms with van der Waals surface area (Å²) in [6.07, 6.45) is 4.52. The van der Waals surface area contributed by atoms with Crippen LogP contribution in [0.1, 0.15) is 19.4 Å². The Morgan fingerprint density at radius 2 is 2.37 bits per heavy atom. The summed E-state index contributed by atoms with van der Waals surface area (Å²) in [5.74, 6) is 0.990. The highest BCUT2D eigenvalue weighted by molar-refractivity contribution is 8.00. The van der Waals surface area contributed by atoms with Gasteiger partial charge in [-0.25, -0.2) is 9.78 Å². The summed E-state index contributed by atoms with van der Waals surface area (Å²) < 4.78 is 0.198. The van der Waals surface area contributed by atoms with Crippen LogP contribution in [0.3, 0.4) is 0 Å². The summed E-state index contributed by atoms with van der Waals surface area (Å²) >= 11 is 1.96. The van der Waals surface area contributed by atoms with Gasteiger partial charge in [-0.05, 0) is 32.1 Å². The molecule has 2 rings (SSSR count). The van der Waals surface area contributed by atoms with Crippen LogP contribution in [0.5, 0.6) is 0 Å². The van der Waals surface area contributed by atoms with Gasteiger partial charge in [0.05, 0.1) is 0 Å². The van der Waals surface area contributed by atoms with Crippen molar-refractivity contribution in [2.75, 3.05) is 23.7 Å². The molecule has 19 heavy (non-hydrogen) atoms. The van der Waals surface area contributed by atoms with E-state index < -0.39 is 5.97 Å². The van der Waals surface area contributed by atoms with Crippen LogP contribution in [-0.2, 0) is 4.79 Å². The number of carboxylic acid groups (broad SMARTS) is 1. The molecule has 1 saturated heterocycles. The number of aliphatic carboxylic acids is 1. The molecule has 0 aliphatic carbocycles. The minimum atomic E-state index is -0.940. The SMILES string of the molecule is CC1(C)CN(c2ncccc2/C=C/C(=O)O)CCS1. The van der Waals surface area contributed by atoms with Gasteiger partial charge in [-0.2, -0.15) is 11.8 Å².